The monoisotopic (exact) mass is 477 g/mol. The van der Waals surface area contributed by atoms with E-state index in [2.05, 4.69) is 10.4 Å². The van der Waals surface area contributed by atoms with Crippen LogP contribution in [-0.4, -0.2) is 49.7 Å². The van der Waals surface area contributed by atoms with Gasteiger partial charge in [-0.2, -0.15) is 4.31 Å². The van der Waals surface area contributed by atoms with Crippen molar-refractivity contribution in [2.75, 3.05) is 13.1 Å². The van der Waals surface area contributed by atoms with Gasteiger partial charge in [0.15, 0.2) is 0 Å². The molecular weight excluding hydrogens is 454 g/mol. The Labute approximate surface area is 187 Å². The van der Waals surface area contributed by atoms with Crippen LogP contribution in [0.25, 0.3) is 5.69 Å². The van der Waals surface area contributed by atoms with Gasteiger partial charge in [0.05, 0.1) is 22.3 Å². The van der Waals surface area contributed by atoms with Crippen LogP contribution in [-0.2, 0) is 20.0 Å². The maximum absolute atomic E-state index is 12.6. The van der Waals surface area contributed by atoms with E-state index in [9.17, 15) is 21.6 Å². The Morgan fingerprint density at radius 3 is 2.12 bits per heavy atom. The van der Waals surface area contributed by atoms with Crippen molar-refractivity contribution >= 4 is 26.0 Å². The molecule has 170 valence electrons. The summed E-state index contributed by atoms with van der Waals surface area (Å²) in [5, 5.41) is 0. The molecule has 1 aromatic heterocycles. The summed E-state index contributed by atoms with van der Waals surface area (Å²) >= 11 is 0. The third kappa shape index (κ3) is 4.88. The van der Waals surface area contributed by atoms with E-state index in [1.54, 1.807) is 38.1 Å². The lowest BCUT2D eigenvalue weighted by molar-refractivity contribution is 0.0938. The number of carbonyl (C=O) groups excluding carboxylic acids is 1. The lowest BCUT2D eigenvalue weighted by Crippen LogP contribution is -2.42. The molecule has 0 bridgehead atoms. The standard InChI is InChI=1S/C20H23N5O5S2/c1-3-24(4-2)32(29,30)18-12-10-17(11-13-18)31(27,28)23-22-20(26)19-14-21-15-25(19)16-8-6-5-7-9-16/h5-15,23H,3-4H2,1-2H3,(H,22,26). The SMILES string of the molecule is CCN(CC)S(=O)(=O)c1ccc(S(=O)(=O)NNC(=O)c2cncn2-c2ccccc2)cc1. The van der Waals surface area contributed by atoms with E-state index in [1.165, 1.54) is 45.7 Å². The second-order valence-electron chi connectivity index (χ2n) is 6.60. The van der Waals surface area contributed by atoms with Crippen molar-refractivity contribution in [1.29, 1.82) is 0 Å². The number of hydrogen-bond donors (Lipinski definition) is 2. The fourth-order valence-corrected chi connectivity index (χ4v) is 5.29. The van der Waals surface area contributed by atoms with Gasteiger partial charge in [0, 0.05) is 18.8 Å². The molecule has 0 saturated heterocycles. The molecule has 0 aliphatic carbocycles. The third-order valence-electron chi connectivity index (χ3n) is 4.68. The number of imidazole rings is 1. The number of benzene rings is 2. The minimum absolute atomic E-state index is 0.0176. The summed E-state index contributed by atoms with van der Waals surface area (Å²) in [5.41, 5.74) is 2.96. The van der Waals surface area contributed by atoms with Crippen molar-refractivity contribution < 1.29 is 21.6 Å². The van der Waals surface area contributed by atoms with Gasteiger partial charge in [-0.3, -0.25) is 14.8 Å². The molecule has 0 spiro atoms. The molecular formula is C20H23N5O5S2. The molecule has 2 N–H and O–H groups in total. The lowest BCUT2D eigenvalue weighted by atomic mass is 10.3. The summed E-state index contributed by atoms with van der Waals surface area (Å²) in [6.07, 6.45) is 2.75. The Kier molecular flexibility index (Phi) is 7.09. The van der Waals surface area contributed by atoms with Crippen LogP contribution in [0.4, 0.5) is 0 Å². The second kappa shape index (κ2) is 9.61. The molecule has 1 heterocycles. The molecule has 3 rings (SSSR count). The smallest absolute Gasteiger partial charge is 0.284 e. The Balaban J connectivity index is 1.74. The average Bonchev–Trinajstić information content (AvgIpc) is 3.29. The molecule has 32 heavy (non-hydrogen) atoms. The van der Waals surface area contributed by atoms with Gasteiger partial charge in [0.1, 0.15) is 5.69 Å². The van der Waals surface area contributed by atoms with E-state index in [4.69, 9.17) is 0 Å². The van der Waals surface area contributed by atoms with Gasteiger partial charge in [-0.15, -0.1) is 4.83 Å². The zero-order valence-electron chi connectivity index (χ0n) is 17.5. The highest BCUT2D eigenvalue weighted by atomic mass is 32.2. The van der Waals surface area contributed by atoms with Crippen molar-refractivity contribution in [2.45, 2.75) is 23.6 Å². The Morgan fingerprint density at radius 1 is 0.938 bits per heavy atom. The predicted octanol–water partition coefficient (Wildman–Crippen LogP) is 1.53. The number of nitrogens with one attached hydrogen (secondary N) is 2. The third-order valence-corrected chi connectivity index (χ3v) is 8.01. The van der Waals surface area contributed by atoms with Crippen LogP contribution in [0.3, 0.4) is 0 Å². The summed E-state index contributed by atoms with van der Waals surface area (Å²) in [7, 11) is -7.85. The van der Waals surface area contributed by atoms with Crippen LogP contribution in [0.1, 0.15) is 24.3 Å². The maximum atomic E-state index is 12.6. The maximum Gasteiger partial charge on any atom is 0.284 e. The zero-order chi connectivity index (χ0) is 23.4. The first-order chi connectivity index (χ1) is 15.2. The minimum atomic E-state index is -4.14. The molecule has 0 saturated carbocycles. The van der Waals surface area contributed by atoms with E-state index in [0.717, 1.165) is 0 Å². The van der Waals surface area contributed by atoms with Crippen LogP contribution in [0, 0.1) is 0 Å². The van der Waals surface area contributed by atoms with E-state index in [-0.39, 0.29) is 15.5 Å². The van der Waals surface area contributed by atoms with Crippen LogP contribution >= 0.6 is 0 Å². The van der Waals surface area contributed by atoms with E-state index in [0.29, 0.717) is 18.8 Å². The van der Waals surface area contributed by atoms with Gasteiger partial charge < -0.3 is 0 Å². The summed E-state index contributed by atoms with van der Waals surface area (Å²) in [5.74, 6) is -0.712. The highest BCUT2D eigenvalue weighted by molar-refractivity contribution is 7.89. The van der Waals surface area contributed by atoms with Gasteiger partial charge in [0.25, 0.3) is 15.9 Å². The van der Waals surface area contributed by atoms with Gasteiger partial charge in [0.2, 0.25) is 10.0 Å². The number of aromatic nitrogens is 2. The van der Waals surface area contributed by atoms with Crippen molar-refractivity contribution in [2.24, 2.45) is 0 Å². The van der Waals surface area contributed by atoms with Crippen LogP contribution in [0.15, 0.2) is 76.9 Å². The summed E-state index contributed by atoms with van der Waals surface area (Å²) < 4.78 is 53.0. The number of hydrazine groups is 1. The zero-order valence-corrected chi connectivity index (χ0v) is 19.1. The quantitative estimate of drug-likeness (QED) is 0.450. The van der Waals surface area contributed by atoms with Crippen molar-refractivity contribution in [3.05, 3.63) is 72.8 Å². The highest BCUT2D eigenvalue weighted by Gasteiger charge is 2.23. The van der Waals surface area contributed by atoms with Crippen LogP contribution in [0.5, 0.6) is 0 Å². The molecule has 0 atom stereocenters. The number of hydrogen-bond acceptors (Lipinski definition) is 6. The van der Waals surface area contributed by atoms with Crippen molar-refractivity contribution in [1.82, 2.24) is 24.1 Å². The van der Waals surface area contributed by atoms with Crippen molar-refractivity contribution in [3.8, 4) is 5.69 Å². The summed E-state index contributed by atoms with van der Waals surface area (Å²) in [6, 6.07) is 13.7. The molecule has 0 aliphatic rings. The van der Waals surface area contributed by atoms with E-state index >= 15 is 0 Å². The summed E-state index contributed by atoms with van der Waals surface area (Å²) in [4.78, 5) is 18.3. The van der Waals surface area contributed by atoms with Gasteiger partial charge in [-0.1, -0.05) is 32.0 Å². The second-order valence-corrected chi connectivity index (χ2v) is 10.2. The molecule has 0 fully saturated rings. The van der Waals surface area contributed by atoms with Gasteiger partial charge in [-0.05, 0) is 36.4 Å². The molecule has 0 unspecified atom stereocenters. The van der Waals surface area contributed by atoms with Gasteiger partial charge >= 0.3 is 0 Å². The fourth-order valence-electron chi connectivity index (χ4n) is 3.00. The van der Waals surface area contributed by atoms with Crippen LogP contribution < -0.4 is 10.3 Å². The number of carbonyl (C=O) groups is 1. The highest BCUT2D eigenvalue weighted by Crippen LogP contribution is 2.18. The number of nitrogens with zero attached hydrogens (tertiary/aromatic N) is 3. The van der Waals surface area contributed by atoms with Crippen LogP contribution in [0.2, 0.25) is 0 Å². The fraction of sp³-hybridized carbons (Fsp3) is 0.200. The Bertz CT molecular complexity index is 1280. The number of amides is 1. The topological polar surface area (TPSA) is 130 Å². The Hall–Kier alpha value is -3.06. The molecule has 12 heteroatoms. The van der Waals surface area contributed by atoms with Gasteiger partial charge in [-0.25, -0.2) is 21.8 Å². The minimum Gasteiger partial charge on any atom is -0.295 e. The van der Waals surface area contributed by atoms with Crippen molar-refractivity contribution in [3.63, 3.8) is 0 Å². The molecule has 3 aromatic rings. The number of sulfonamides is 2. The molecule has 10 nitrogen and oxygen atoms in total. The normalized spacial score (nSPS) is 12.1. The Morgan fingerprint density at radius 2 is 1.53 bits per heavy atom. The first-order valence-corrected chi connectivity index (χ1v) is 12.6. The molecule has 1 amide bonds. The van der Waals surface area contributed by atoms with E-state index in [1.807, 2.05) is 10.9 Å². The molecule has 0 radical (unpaired) electrons. The molecule has 2 aromatic carbocycles. The lowest BCUT2D eigenvalue weighted by Gasteiger charge is -2.18. The van der Waals surface area contributed by atoms with E-state index < -0.39 is 26.0 Å². The average molecular weight is 478 g/mol. The number of para-hydroxylation sites is 1. The molecule has 0 aliphatic heterocycles. The largest absolute Gasteiger partial charge is 0.295 e. The first-order valence-electron chi connectivity index (χ1n) is 9.70. The predicted molar refractivity (Wildman–Crippen MR) is 118 cm³/mol. The first kappa shape index (κ1) is 23.6. The number of rotatable bonds is 9. The summed E-state index contributed by atoms with van der Waals surface area (Å²) in [6.45, 7) is 4.03.